The maximum absolute atomic E-state index is 12.8. The lowest BCUT2D eigenvalue weighted by atomic mass is 9.97. The number of anilines is 1. The van der Waals surface area contributed by atoms with Gasteiger partial charge >= 0.3 is 0 Å². The summed E-state index contributed by atoms with van der Waals surface area (Å²) in [7, 11) is 0. The molecule has 2 N–H and O–H groups in total. The predicted molar refractivity (Wildman–Crippen MR) is 92.7 cm³/mol. The summed E-state index contributed by atoms with van der Waals surface area (Å²) < 4.78 is 0. The minimum absolute atomic E-state index is 0.0331. The van der Waals surface area contributed by atoms with Crippen LogP contribution in [0.5, 0.6) is 0 Å². The van der Waals surface area contributed by atoms with E-state index >= 15 is 0 Å². The predicted octanol–water partition coefficient (Wildman–Crippen LogP) is 1.80. The van der Waals surface area contributed by atoms with Crippen LogP contribution in [0.4, 0.5) is 5.82 Å². The molecule has 0 aromatic carbocycles. The number of amides is 2. The van der Waals surface area contributed by atoms with E-state index < -0.39 is 0 Å². The number of carbonyl (C=O) groups excluding carboxylic acids is 2. The molecule has 130 valence electrons. The minimum Gasteiger partial charge on any atom is -0.369 e. The van der Waals surface area contributed by atoms with E-state index in [0.29, 0.717) is 24.7 Å². The lowest BCUT2D eigenvalue weighted by molar-refractivity contribution is -0.123. The summed E-state index contributed by atoms with van der Waals surface area (Å²) in [5.41, 5.74) is 6.05. The Balaban J connectivity index is 1.75. The molecule has 2 aliphatic heterocycles. The topological polar surface area (TPSA) is 79.5 Å². The summed E-state index contributed by atoms with van der Waals surface area (Å²) >= 11 is 0. The summed E-state index contributed by atoms with van der Waals surface area (Å²) in [5, 5.41) is 0. The van der Waals surface area contributed by atoms with E-state index in [4.69, 9.17) is 5.73 Å². The van der Waals surface area contributed by atoms with Crippen LogP contribution in [0.15, 0.2) is 18.3 Å². The van der Waals surface area contributed by atoms with Crippen molar-refractivity contribution in [1.29, 1.82) is 0 Å². The average molecular weight is 330 g/mol. The van der Waals surface area contributed by atoms with Gasteiger partial charge in [0.25, 0.3) is 5.91 Å². The summed E-state index contributed by atoms with van der Waals surface area (Å²) in [6, 6.07) is 4.10. The number of hydrogen-bond donors (Lipinski definition) is 1. The number of rotatable bonds is 3. The first kappa shape index (κ1) is 16.7. The summed E-state index contributed by atoms with van der Waals surface area (Å²) in [5.74, 6) is 0.293. The fraction of sp³-hybridized carbons (Fsp3) is 0.611. The summed E-state index contributed by atoms with van der Waals surface area (Å²) in [6.45, 7) is 4.29. The quantitative estimate of drug-likeness (QED) is 0.916. The van der Waals surface area contributed by atoms with Gasteiger partial charge in [-0.15, -0.1) is 0 Å². The number of pyridine rings is 1. The maximum atomic E-state index is 12.8. The van der Waals surface area contributed by atoms with E-state index in [1.165, 1.54) is 6.42 Å². The fourth-order valence-corrected chi connectivity index (χ4v) is 3.72. The molecule has 1 aromatic heterocycles. The minimum atomic E-state index is -0.315. The molecular weight excluding hydrogens is 304 g/mol. The van der Waals surface area contributed by atoms with E-state index in [-0.39, 0.29) is 17.7 Å². The third-order valence-corrected chi connectivity index (χ3v) is 5.20. The lowest BCUT2D eigenvalue weighted by Crippen LogP contribution is -2.44. The van der Waals surface area contributed by atoms with Gasteiger partial charge in [0.15, 0.2) is 0 Å². The van der Waals surface area contributed by atoms with Crippen LogP contribution >= 0.6 is 0 Å². The van der Waals surface area contributed by atoms with Crippen LogP contribution in [0.25, 0.3) is 0 Å². The molecule has 0 radical (unpaired) electrons. The Morgan fingerprint density at radius 1 is 1.21 bits per heavy atom. The number of aromatic nitrogens is 1. The van der Waals surface area contributed by atoms with Crippen molar-refractivity contribution in [1.82, 2.24) is 9.88 Å². The van der Waals surface area contributed by atoms with Gasteiger partial charge in [0.05, 0.1) is 5.92 Å². The smallest absolute Gasteiger partial charge is 0.254 e. The van der Waals surface area contributed by atoms with E-state index in [1.807, 2.05) is 6.07 Å². The van der Waals surface area contributed by atoms with Crippen molar-refractivity contribution in [2.45, 2.75) is 45.1 Å². The molecule has 2 amide bonds. The van der Waals surface area contributed by atoms with Crippen molar-refractivity contribution in [3.05, 3.63) is 23.9 Å². The molecule has 2 saturated heterocycles. The van der Waals surface area contributed by atoms with Crippen LogP contribution in [-0.4, -0.2) is 47.4 Å². The first-order chi connectivity index (χ1) is 11.6. The van der Waals surface area contributed by atoms with Crippen molar-refractivity contribution in [3.8, 4) is 0 Å². The molecule has 6 nitrogen and oxygen atoms in total. The van der Waals surface area contributed by atoms with Crippen LogP contribution in [0, 0.1) is 5.92 Å². The van der Waals surface area contributed by atoms with Crippen molar-refractivity contribution >= 4 is 17.6 Å². The Hall–Kier alpha value is -2.11. The van der Waals surface area contributed by atoms with Crippen molar-refractivity contribution in [2.75, 3.05) is 24.5 Å². The Bertz CT molecular complexity index is 619. The second kappa shape index (κ2) is 7.20. The largest absolute Gasteiger partial charge is 0.369 e. The van der Waals surface area contributed by atoms with Crippen LogP contribution in [-0.2, 0) is 4.79 Å². The first-order valence-corrected chi connectivity index (χ1v) is 8.87. The molecule has 3 rings (SSSR count). The Kier molecular flexibility index (Phi) is 5.02. The van der Waals surface area contributed by atoms with Gasteiger partial charge in [-0.05, 0) is 51.2 Å². The molecule has 2 atom stereocenters. The summed E-state index contributed by atoms with van der Waals surface area (Å²) in [4.78, 5) is 32.7. The molecule has 2 unspecified atom stereocenters. The molecule has 1 aromatic rings. The lowest BCUT2D eigenvalue weighted by Gasteiger charge is -2.35. The zero-order valence-electron chi connectivity index (χ0n) is 14.3. The van der Waals surface area contributed by atoms with Gasteiger partial charge in [-0.25, -0.2) is 4.98 Å². The number of nitrogens with zero attached hydrogens (tertiary/aromatic N) is 3. The van der Waals surface area contributed by atoms with E-state index in [2.05, 4.69) is 16.8 Å². The highest BCUT2D eigenvalue weighted by Gasteiger charge is 2.28. The monoisotopic (exact) mass is 330 g/mol. The molecule has 24 heavy (non-hydrogen) atoms. The van der Waals surface area contributed by atoms with Gasteiger partial charge in [-0.3, -0.25) is 9.59 Å². The molecule has 0 bridgehead atoms. The van der Waals surface area contributed by atoms with Crippen molar-refractivity contribution in [2.24, 2.45) is 11.7 Å². The standard InChI is InChI=1S/C18H26N4O2/c1-13-5-2-3-10-22(13)16-11-14(7-8-20-16)18(24)21-9-4-6-15(12-21)17(19)23/h7-8,11,13,15H,2-6,9-10,12H2,1H3,(H2,19,23). The third kappa shape index (κ3) is 3.52. The van der Waals surface area contributed by atoms with Crippen LogP contribution in [0.2, 0.25) is 0 Å². The van der Waals surface area contributed by atoms with Crippen molar-refractivity contribution < 1.29 is 9.59 Å². The number of piperidine rings is 2. The zero-order chi connectivity index (χ0) is 17.1. The number of hydrogen-bond acceptors (Lipinski definition) is 4. The third-order valence-electron chi connectivity index (χ3n) is 5.20. The fourth-order valence-electron chi connectivity index (χ4n) is 3.72. The van der Waals surface area contributed by atoms with Gasteiger partial charge in [0, 0.05) is 37.4 Å². The van der Waals surface area contributed by atoms with Crippen molar-refractivity contribution in [3.63, 3.8) is 0 Å². The van der Waals surface area contributed by atoms with Crippen LogP contribution in [0.3, 0.4) is 0 Å². The normalized spacial score (nSPS) is 24.7. The van der Waals surface area contributed by atoms with Gasteiger partial charge in [-0.2, -0.15) is 0 Å². The number of primary amides is 1. The van der Waals surface area contributed by atoms with Gasteiger partial charge in [-0.1, -0.05) is 0 Å². The second-order valence-electron chi connectivity index (χ2n) is 6.93. The molecule has 0 aliphatic carbocycles. The number of carbonyl (C=O) groups is 2. The molecule has 0 spiro atoms. The Labute approximate surface area is 143 Å². The van der Waals surface area contributed by atoms with E-state index in [9.17, 15) is 9.59 Å². The zero-order valence-corrected chi connectivity index (χ0v) is 14.3. The second-order valence-corrected chi connectivity index (χ2v) is 6.93. The highest BCUT2D eigenvalue weighted by Crippen LogP contribution is 2.24. The number of nitrogens with two attached hydrogens (primary N) is 1. The molecule has 0 saturated carbocycles. The molecule has 2 fully saturated rings. The Morgan fingerprint density at radius 2 is 2.04 bits per heavy atom. The highest BCUT2D eigenvalue weighted by molar-refractivity contribution is 5.95. The molecule has 3 heterocycles. The van der Waals surface area contributed by atoms with Gasteiger partial charge in [0.1, 0.15) is 5.82 Å². The van der Waals surface area contributed by atoms with E-state index in [0.717, 1.165) is 38.0 Å². The summed E-state index contributed by atoms with van der Waals surface area (Å²) in [6.07, 6.45) is 6.87. The van der Waals surface area contributed by atoms with Crippen LogP contribution in [0.1, 0.15) is 49.4 Å². The highest BCUT2D eigenvalue weighted by atomic mass is 16.2. The number of likely N-dealkylation sites (tertiary alicyclic amines) is 1. The molecule has 6 heteroatoms. The maximum Gasteiger partial charge on any atom is 0.254 e. The first-order valence-electron chi connectivity index (χ1n) is 8.87. The molecule has 2 aliphatic rings. The molecular formula is C18H26N4O2. The van der Waals surface area contributed by atoms with Crippen LogP contribution < -0.4 is 10.6 Å². The van der Waals surface area contributed by atoms with Gasteiger partial charge < -0.3 is 15.5 Å². The Morgan fingerprint density at radius 3 is 2.79 bits per heavy atom. The van der Waals surface area contributed by atoms with Gasteiger partial charge in [0.2, 0.25) is 5.91 Å². The van der Waals surface area contributed by atoms with E-state index in [1.54, 1.807) is 17.2 Å². The average Bonchev–Trinajstić information content (AvgIpc) is 2.61. The SMILES string of the molecule is CC1CCCCN1c1cc(C(=O)N2CCCC(C(N)=O)C2)ccn1.